The van der Waals surface area contributed by atoms with E-state index in [9.17, 15) is 23.3 Å². The third-order valence-corrected chi connectivity index (χ3v) is 8.30. The molecule has 0 saturated carbocycles. The van der Waals surface area contributed by atoms with Crippen molar-refractivity contribution < 1.29 is 27.6 Å². The zero-order valence-electron chi connectivity index (χ0n) is 22.2. The SMILES string of the molecule is CC[C@@H](C)NS(=O)(=O)c1cc([N+](=O)[O-])ccc1Oc1c(C)c(C(=O)NC[C@@H]2CCCO2)nn1-c1cccc(Cl)c1. The Morgan fingerprint density at radius 1 is 1.32 bits per heavy atom. The average Bonchev–Trinajstić information content (AvgIpc) is 3.55. The van der Waals surface area contributed by atoms with Crippen LogP contribution in [0.2, 0.25) is 5.02 Å². The maximum absolute atomic E-state index is 13.3. The molecule has 214 valence electrons. The number of carbonyl (C=O) groups excluding carboxylic acids is 1. The van der Waals surface area contributed by atoms with Crippen LogP contribution < -0.4 is 14.8 Å². The van der Waals surface area contributed by atoms with Crippen molar-refractivity contribution in [1.82, 2.24) is 19.8 Å². The summed E-state index contributed by atoms with van der Waals surface area (Å²) in [5.41, 5.74) is 0.400. The van der Waals surface area contributed by atoms with Crippen LogP contribution in [0.4, 0.5) is 5.69 Å². The van der Waals surface area contributed by atoms with Crippen LogP contribution in [0.15, 0.2) is 47.4 Å². The number of rotatable bonds is 11. The number of nitro groups is 1. The van der Waals surface area contributed by atoms with E-state index in [1.807, 2.05) is 0 Å². The van der Waals surface area contributed by atoms with E-state index in [1.54, 1.807) is 45.0 Å². The van der Waals surface area contributed by atoms with E-state index < -0.39 is 37.5 Å². The molecule has 1 aromatic heterocycles. The van der Waals surface area contributed by atoms with Crippen LogP contribution in [0.25, 0.3) is 5.69 Å². The predicted octanol–water partition coefficient (Wildman–Crippen LogP) is 4.52. The van der Waals surface area contributed by atoms with Gasteiger partial charge in [-0.05, 0) is 57.4 Å². The third-order valence-electron chi connectivity index (χ3n) is 6.45. The van der Waals surface area contributed by atoms with E-state index in [-0.39, 0.29) is 23.4 Å². The van der Waals surface area contributed by atoms with Gasteiger partial charge in [-0.2, -0.15) is 9.78 Å². The molecule has 0 radical (unpaired) electrons. The lowest BCUT2D eigenvalue weighted by molar-refractivity contribution is -0.385. The van der Waals surface area contributed by atoms with Gasteiger partial charge in [-0.3, -0.25) is 14.9 Å². The van der Waals surface area contributed by atoms with Crippen molar-refractivity contribution in [1.29, 1.82) is 0 Å². The highest BCUT2D eigenvalue weighted by molar-refractivity contribution is 7.89. The largest absolute Gasteiger partial charge is 0.437 e. The summed E-state index contributed by atoms with van der Waals surface area (Å²) in [4.78, 5) is 23.5. The highest BCUT2D eigenvalue weighted by Gasteiger charge is 2.29. The Morgan fingerprint density at radius 3 is 2.75 bits per heavy atom. The first-order chi connectivity index (χ1) is 19.0. The predicted molar refractivity (Wildman–Crippen MR) is 148 cm³/mol. The molecule has 1 fully saturated rings. The molecule has 1 aliphatic rings. The molecular weight excluding hydrogens is 562 g/mol. The minimum Gasteiger partial charge on any atom is -0.437 e. The first-order valence-corrected chi connectivity index (χ1v) is 14.6. The van der Waals surface area contributed by atoms with Gasteiger partial charge in [0, 0.05) is 41.9 Å². The van der Waals surface area contributed by atoms with E-state index in [4.69, 9.17) is 21.1 Å². The summed E-state index contributed by atoms with van der Waals surface area (Å²) in [6, 6.07) is 9.49. The Balaban J connectivity index is 1.79. The first kappa shape index (κ1) is 29.5. The summed E-state index contributed by atoms with van der Waals surface area (Å²) in [5.74, 6) is -0.606. The zero-order valence-corrected chi connectivity index (χ0v) is 23.8. The molecule has 0 unspecified atom stereocenters. The molecule has 3 aromatic rings. The van der Waals surface area contributed by atoms with Crippen LogP contribution in [-0.4, -0.2) is 54.3 Å². The maximum Gasteiger partial charge on any atom is 0.272 e. The summed E-state index contributed by atoms with van der Waals surface area (Å²) in [7, 11) is -4.23. The molecule has 0 bridgehead atoms. The van der Waals surface area contributed by atoms with Crippen LogP contribution >= 0.6 is 11.6 Å². The van der Waals surface area contributed by atoms with Gasteiger partial charge in [-0.25, -0.2) is 13.1 Å². The lowest BCUT2D eigenvalue weighted by Gasteiger charge is -2.16. The minimum absolute atomic E-state index is 0.0402. The van der Waals surface area contributed by atoms with Crippen LogP contribution in [0, 0.1) is 17.0 Å². The number of benzene rings is 2. The van der Waals surface area contributed by atoms with E-state index in [0.717, 1.165) is 25.0 Å². The minimum atomic E-state index is -4.23. The maximum atomic E-state index is 13.3. The first-order valence-electron chi connectivity index (χ1n) is 12.7. The number of nitrogens with one attached hydrogen (secondary N) is 2. The smallest absolute Gasteiger partial charge is 0.272 e. The highest BCUT2D eigenvalue weighted by atomic mass is 35.5. The second kappa shape index (κ2) is 12.3. The van der Waals surface area contributed by atoms with Crippen molar-refractivity contribution in [3.8, 4) is 17.3 Å². The average molecular weight is 592 g/mol. The summed E-state index contributed by atoms with van der Waals surface area (Å²) in [6.07, 6.45) is 2.18. The summed E-state index contributed by atoms with van der Waals surface area (Å²) in [6.45, 7) is 6.05. The number of aromatic nitrogens is 2. The quantitative estimate of drug-likeness (QED) is 0.244. The number of ether oxygens (including phenoxy) is 2. The van der Waals surface area contributed by atoms with Crippen molar-refractivity contribution in [3.05, 3.63) is 68.9 Å². The van der Waals surface area contributed by atoms with Crippen molar-refractivity contribution in [3.63, 3.8) is 0 Å². The van der Waals surface area contributed by atoms with Crippen molar-refractivity contribution in [2.24, 2.45) is 0 Å². The fraction of sp³-hybridized carbons (Fsp3) is 0.385. The molecule has 2 N–H and O–H groups in total. The molecule has 1 amide bonds. The molecule has 0 spiro atoms. The third kappa shape index (κ3) is 6.61. The molecule has 2 atom stereocenters. The molecular formula is C26H30ClN5O7S. The molecule has 40 heavy (non-hydrogen) atoms. The van der Waals surface area contributed by atoms with Gasteiger partial charge in [0.2, 0.25) is 15.9 Å². The topological polar surface area (TPSA) is 155 Å². The van der Waals surface area contributed by atoms with Crippen LogP contribution in [0.3, 0.4) is 0 Å². The number of halogens is 1. The Bertz CT molecular complexity index is 1520. The second-order valence-corrected chi connectivity index (χ2v) is 11.6. The number of sulfonamides is 1. The van der Waals surface area contributed by atoms with Gasteiger partial charge < -0.3 is 14.8 Å². The molecule has 2 heterocycles. The fourth-order valence-corrected chi connectivity index (χ4v) is 5.77. The van der Waals surface area contributed by atoms with Gasteiger partial charge in [-0.15, -0.1) is 0 Å². The van der Waals surface area contributed by atoms with Gasteiger partial charge in [0.1, 0.15) is 10.6 Å². The van der Waals surface area contributed by atoms with Crippen molar-refractivity contribution in [2.45, 2.75) is 57.1 Å². The molecule has 4 rings (SSSR count). The summed E-state index contributed by atoms with van der Waals surface area (Å²) < 4.78 is 42.1. The molecule has 1 saturated heterocycles. The molecule has 1 aliphatic heterocycles. The number of hydrogen-bond acceptors (Lipinski definition) is 8. The van der Waals surface area contributed by atoms with Gasteiger partial charge in [-0.1, -0.05) is 24.6 Å². The van der Waals surface area contributed by atoms with E-state index in [1.165, 1.54) is 10.7 Å². The van der Waals surface area contributed by atoms with Crippen LogP contribution in [0.1, 0.15) is 49.2 Å². The monoisotopic (exact) mass is 591 g/mol. The Labute approximate surface area is 236 Å². The number of hydrogen-bond donors (Lipinski definition) is 2. The Morgan fingerprint density at radius 2 is 2.10 bits per heavy atom. The lowest BCUT2D eigenvalue weighted by Crippen LogP contribution is -2.32. The van der Waals surface area contributed by atoms with Gasteiger partial charge in [0.15, 0.2) is 5.69 Å². The lowest BCUT2D eigenvalue weighted by atomic mass is 10.2. The van der Waals surface area contributed by atoms with Crippen molar-refractivity contribution >= 4 is 33.2 Å². The number of carbonyl (C=O) groups is 1. The summed E-state index contributed by atoms with van der Waals surface area (Å²) >= 11 is 6.21. The molecule has 2 aromatic carbocycles. The van der Waals surface area contributed by atoms with Gasteiger partial charge in [0.05, 0.1) is 16.7 Å². The Hall–Kier alpha value is -3.52. The van der Waals surface area contributed by atoms with Crippen LogP contribution in [-0.2, 0) is 14.8 Å². The molecule has 12 nitrogen and oxygen atoms in total. The number of nitrogens with zero attached hydrogens (tertiary/aromatic N) is 3. The Kier molecular flexibility index (Phi) is 9.08. The second-order valence-electron chi connectivity index (χ2n) is 9.44. The normalized spacial score (nSPS) is 16.1. The number of amides is 1. The summed E-state index contributed by atoms with van der Waals surface area (Å²) in [5, 5.41) is 19.2. The highest BCUT2D eigenvalue weighted by Crippen LogP contribution is 2.36. The fourth-order valence-electron chi connectivity index (χ4n) is 4.11. The molecule has 14 heteroatoms. The molecule has 0 aliphatic carbocycles. The van der Waals surface area contributed by atoms with E-state index in [0.29, 0.717) is 35.8 Å². The van der Waals surface area contributed by atoms with E-state index >= 15 is 0 Å². The van der Waals surface area contributed by atoms with E-state index in [2.05, 4.69) is 15.1 Å². The zero-order chi connectivity index (χ0) is 29.0. The van der Waals surface area contributed by atoms with Crippen LogP contribution in [0.5, 0.6) is 11.6 Å². The van der Waals surface area contributed by atoms with Gasteiger partial charge >= 0.3 is 0 Å². The van der Waals surface area contributed by atoms with Gasteiger partial charge in [0.25, 0.3) is 11.6 Å². The standard InChI is InChI=1S/C26H30ClN5O7S/c1-4-16(2)30-40(36,37)23-14-20(32(34)35)10-11-22(23)39-26-17(3)24(25(33)28-15-21-9-6-12-38-21)29-31(26)19-8-5-7-18(27)13-19/h5,7-8,10-11,13-14,16,21,30H,4,6,9,12,15H2,1-3H3,(H,28,33)/t16-,21+/m1/s1. The number of non-ortho nitro benzene ring substituents is 1. The van der Waals surface area contributed by atoms with Crippen molar-refractivity contribution in [2.75, 3.05) is 13.2 Å². The number of nitro benzene ring substituents is 1.